The molecule has 0 spiro atoms. The lowest BCUT2D eigenvalue weighted by Crippen LogP contribution is -2.40. The van der Waals surface area contributed by atoms with Gasteiger partial charge in [0, 0.05) is 19.5 Å². The van der Waals surface area contributed by atoms with Crippen molar-refractivity contribution in [2.24, 2.45) is 5.92 Å². The number of hydrogen-bond donors (Lipinski definition) is 1. The summed E-state index contributed by atoms with van der Waals surface area (Å²) in [6.45, 7) is 4.13. The van der Waals surface area contributed by atoms with Crippen LogP contribution in [-0.4, -0.2) is 35.1 Å². The molecule has 1 N–H and O–H groups in total. The van der Waals surface area contributed by atoms with Gasteiger partial charge in [-0.1, -0.05) is 13.8 Å². The third kappa shape index (κ3) is 3.82. The smallest absolute Gasteiger partial charge is 0.222 e. The van der Waals surface area contributed by atoms with Gasteiger partial charge in [-0.15, -0.1) is 0 Å². The molecule has 0 heterocycles. The number of carbonyl (C=O) groups excluding carboxylic acids is 1. The number of carbonyl (C=O) groups is 1. The summed E-state index contributed by atoms with van der Waals surface area (Å²) in [4.78, 5) is 13.7. The average molecular weight is 213 g/mol. The predicted octanol–water partition coefficient (Wildman–Crippen LogP) is 1.79. The van der Waals surface area contributed by atoms with Crippen LogP contribution in [0.1, 0.15) is 46.0 Å². The van der Waals surface area contributed by atoms with Crippen molar-refractivity contribution in [1.29, 1.82) is 0 Å². The Morgan fingerprint density at radius 1 is 1.33 bits per heavy atom. The van der Waals surface area contributed by atoms with Crippen molar-refractivity contribution >= 4 is 5.91 Å². The average Bonchev–Trinajstić information content (AvgIpc) is 2.17. The zero-order valence-electron chi connectivity index (χ0n) is 10.1. The summed E-state index contributed by atoms with van der Waals surface area (Å²) >= 11 is 0. The van der Waals surface area contributed by atoms with Gasteiger partial charge in [-0.3, -0.25) is 4.79 Å². The molecule has 0 atom stereocenters. The fourth-order valence-electron chi connectivity index (χ4n) is 2.14. The molecule has 0 radical (unpaired) electrons. The lowest BCUT2D eigenvalue weighted by atomic mass is 9.92. The minimum absolute atomic E-state index is 0.144. The first kappa shape index (κ1) is 12.5. The molecule has 0 aliphatic heterocycles. The highest BCUT2D eigenvalue weighted by Crippen LogP contribution is 2.23. The van der Waals surface area contributed by atoms with Crippen LogP contribution in [0.4, 0.5) is 0 Å². The minimum Gasteiger partial charge on any atom is -0.393 e. The Bertz CT molecular complexity index is 208. The van der Waals surface area contributed by atoms with Crippen LogP contribution in [0.25, 0.3) is 0 Å². The van der Waals surface area contributed by atoms with Crippen molar-refractivity contribution in [2.75, 3.05) is 7.05 Å². The minimum atomic E-state index is -0.144. The Labute approximate surface area is 92.5 Å². The zero-order valence-corrected chi connectivity index (χ0v) is 10.1. The van der Waals surface area contributed by atoms with Crippen LogP contribution in [0.2, 0.25) is 0 Å². The fourth-order valence-corrected chi connectivity index (χ4v) is 2.14. The van der Waals surface area contributed by atoms with Crippen molar-refractivity contribution in [1.82, 2.24) is 4.90 Å². The molecule has 0 aromatic carbocycles. The molecule has 0 aromatic rings. The van der Waals surface area contributed by atoms with Gasteiger partial charge in [-0.2, -0.15) is 0 Å². The van der Waals surface area contributed by atoms with Gasteiger partial charge in [-0.25, -0.2) is 0 Å². The molecule has 1 aliphatic rings. The Hall–Kier alpha value is -0.570. The Kier molecular flexibility index (Phi) is 4.58. The molecular weight excluding hydrogens is 190 g/mol. The summed E-state index contributed by atoms with van der Waals surface area (Å²) in [6, 6.07) is 0.347. The van der Waals surface area contributed by atoms with Crippen LogP contribution in [-0.2, 0) is 4.79 Å². The quantitative estimate of drug-likeness (QED) is 0.776. The largest absolute Gasteiger partial charge is 0.393 e. The topological polar surface area (TPSA) is 40.5 Å². The highest BCUT2D eigenvalue weighted by molar-refractivity contribution is 5.76. The normalized spacial score (nSPS) is 26.7. The Balaban J connectivity index is 2.39. The van der Waals surface area contributed by atoms with E-state index < -0.39 is 0 Å². The van der Waals surface area contributed by atoms with Gasteiger partial charge in [0.1, 0.15) is 0 Å². The molecule has 1 rings (SSSR count). The second kappa shape index (κ2) is 5.50. The van der Waals surface area contributed by atoms with E-state index in [0.29, 0.717) is 18.4 Å². The Morgan fingerprint density at radius 2 is 1.87 bits per heavy atom. The van der Waals surface area contributed by atoms with E-state index in [0.717, 1.165) is 25.7 Å². The monoisotopic (exact) mass is 213 g/mol. The number of aliphatic hydroxyl groups excluding tert-OH is 1. The van der Waals surface area contributed by atoms with E-state index in [4.69, 9.17) is 0 Å². The molecule has 0 aromatic heterocycles. The van der Waals surface area contributed by atoms with E-state index in [9.17, 15) is 9.90 Å². The van der Waals surface area contributed by atoms with Crippen LogP contribution >= 0.6 is 0 Å². The van der Waals surface area contributed by atoms with E-state index in [1.54, 1.807) is 0 Å². The maximum atomic E-state index is 11.8. The number of nitrogens with zero attached hydrogens (tertiary/aromatic N) is 1. The highest BCUT2D eigenvalue weighted by atomic mass is 16.3. The van der Waals surface area contributed by atoms with E-state index in [1.807, 2.05) is 11.9 Å². The number of amides is 1. The van der Waals surface area contributed by atoms with Crippen molar-refractivity contribution in [2.45, 2.75) is 58.1 Å². The van der Waals surface area contributed by atoms with Crippen molar-refractivity contribution in [3.63, 3.8) is 0 Å². The van der Waals surface area contributed by atoms with E-state index in [-0.39, 0.29) is 12.0 Å². The van der Waals surface area contributed by atoms with Gasteiger partial charge < -0.3 is 10.0 Å². The van der Waals surface area contributed by atoms with E-state index in [2.05, 4.69) is 13.8 Å². The molecule has 3 nitrogen and oxygen atoms in total. The molecular formula is C12H23NO2. The fraction of sp³-hybridized carbons (Fsp3) is 0.917. The second-order valence-corrected chi connectivity index (χ2v) is 5.06. The van der Waals surface area contributed by atoms with Crippen LogP contribution in [0.5, 0.6) is 0 Å². The van der Waals surface area contributed by atoms with Crippen molar-refractivity contribution in [3.05, 3.63) is 0 Å². The lowest BCUT2D eigenvalue weighted by molar-refractivity contribution is -0.133. The van der Waals surface area contributed by atoms with Crippen LogP contribution < -0.4 is 0 Å². The van der Waals surface area contributed by atoms with E-state index in [1.165, 1.54) is 0 Å². The van der Waals surface area contributed by atoms with Gasteiger partial charge in [-0.05, 0) is 31.6 Å². The molecule has 15 heavy (non-hydrogen) atoms. The molecule has 1 fully saturated rings. The van der Waals surface area contributed by atoms with Crippen LogP contribution in [0.15, 0.2) is 0 Å². The maximum Gasteiger partial charge on any atom is 0.222 e. The first-order valence-electron chi connectivity index (χ1n) is 5.94. The maximum absolute atomic E-state index is 11.8. The summed E-state index contributed by atoms with van der Waals surface area (Å²) in [7, 11) is 1.90. The molecule has 0 saturated heterocycles. The summed E-state index contributed by atoms with van der Waals surface area (Å²) < 4.78 is 0. The first-order valence-corrected chi connectivity index (χ1v) is 5.94. The standard InChI is InChI=1S/C12H23NO2/c1-9(2)8-12(15)13(3)10-4-6-11(14)7-5-10/h9-11,14H,4-8H2,1-3H3. The molecule has 3 heteroatoms. The van der Waals surface area contributed by atoms with Gasteiger partial charge in [0.25, 0.3) is 0 Å². The van der Waals surface area contributed by atoms with E-state index >= 15 is 0 Å². The lowest BCUT2D eigenvalue weighted by Gasteiger charge is -2.33. The van der Waals surface area contributed by atoms with Gasteiger partial charge in [0.2, 0.25) is 5.91 Å². The zero-order chi connectivity index (χ0) is 11.4. The molecule has 1 aliphatic carbocycles. The predicted molar refractivity (Wildman–Crippen MR) is 60.5 cm³/mol. The van der Waals surface area contributed by atoms with Crippen molar-refractivity contribution in [3.8, 4) is 0 Å². The number of rotatable bonds is 3. The summed E-state index contributed by atoms with van der Waals surface area (Å²) in [5.74, 6) is 0.667. The third-order valence-electron chi connectivity index (χ3n) is 3.19. The van der Waals surface area contributed by atoms with Crippen molar-refractivity contribution < 1.29 is 9.90 Å². The SMILES string of the molecule is CC(C)CC(=O)N(C)C1CCC(O)CC1. The highest BCUT2D eigenvalue weighted by Gasteiger charge is 2.25. The summed E-state index contributed by atoms with van der Waals surface area (Å²) in [5, 5.41) is 9.39. The summed E-state index contributed by atoms with van der Waals surface area (Å²) in [6.07, 6.45) is 4.06. The molecule has 88 valence electrons. The number of hydrogen-bond acceptors (Lipinski definition) is 2. The summed E-state index contributed by atoms with van der Waals surface area (Å²) in [5.41, 5.74) is 0. The molecule has 1 amide bonds. The van der Waals surface area contributed by atoms with Crippen LogP contribution in [0.3, 0.4) is 0 Å². The van der Waals surface area contributed by atoms with Gasteiger partial charge in [0.05, 0.1) is 6.10 Å². The third-order valence-corrected chi connectivity index (χ3v) is 3.19. The second-order valence-electron chi connectivity index (χ2n) is 5.06. The van der Waals surface area contributed by atoms with Crippen LogP contribution in [0, 0.1) is 5.92 Å². The van der Waals surface area contributed by atoms with Gasteiger partial charge in [0.15, 0.2) is 0 Å². The number of aliphatic hydroxyl groups is 1. The first-order chi connectivity index (χ1) is 7.00. The Morgan fingerprint density at radius 3 is 2.33 bits per heavy atom. The molecule has 0 unspecified atom stereocenters. The van der Waals surface area contributed by atoms with Gasteiger partial charge >= 0.3 is 0 Å². The molecule has 0 bridgehead atoms. The molecule has 1 saturated carbocycles.